The molecular formula is C13H24N2O6. The summed E-state index contributed by atoms with van der Waals surface area (Å²) in [6, 6.07) is 0. The highest BCUT2D eigenvalue weighted by atomic mass is 16.5. The van der Waals surface area contributed by atoms with Crippen LogP contribution in [0.5, 0.6) is 0 Å². The summed E-state index contributed by atoms with van der Waals surface area (Å²) in [7, 11) is 1.39. The molecule has 0 aromatic rings. The Morgan fingerprint density at radius 1 is 0.952 bits per heavy atom. The first-order valence-electron chi connectivity index (χ1n) is 6.81. The summed E-state index contributed by atoms with van der Waals surface area (Å²) in [5, 5.41) is 8.52. The zero-order chi connectivity index (χ0) is 16.3. The summed E-state index contributed by atoms with van der Waals surface area (Å²) >= 11 is 0. The molecule has 0 rings (SSSR count). The first-order chi connectivity index (χ1) is 9.92. The molecule has 0 unspecified atom stereocenters. The lowest BCUT2D eigenvalue weighted by molar-refractivity contribution is -0.145. The van der Waals surface area contributed by atoms with Gasteiger partial charge in [0.1, 0.15) is 19.8 Å². The molecule has 0 saturated heterocycles. The van der Waals surface area contributed by atoms with Crippen molar-refractivity contribution in [3.05, 3.63) is 0 Å². The van der Waals surface area contributed by atoms with Crippen LogP contribution in [-0.4, -0.2) is 85.8 Å². The van der Waals surface area contributed by atoms with Crippen molar-refractivity contribution >= 4 is 17.8 Å². The maximum absolute atomic E-state index is 11.6. The number of amides is 2. The number of carboxylic acids is 1. The lowest BCUT2D eigenvalue weighted by Crippen LogP contribution is -2.35. The molecule has 21 heavy (non-hydrogen) atoms. The van der Waals surface area contributed by atoms with Crippen LogP contribution in [0.2, 0.25) is 0 Å². The quantitative estimate of drug-likeness (QED) is 0.514. The number of carbonyl (C=O) groups is 3. The Bertz CT molecular complexity index is 344. The van der Waals surface area contributed by atoms with Gasteiger partial charge in [-0.1, -0.05) is 0 Å². The number of nitrogens with zero attached hydrogens (tertiary/aromatic N) is 2. The van der Waals surface area contributed by atoms with Gasteiger partial charge in [0.15, 0.2) is 0 Å². The molecule has 1 N–H and O–H groups in total. The van der Waals surface area contributed by atoms with Crippen molar-refractivity contribution in [2.75, 3.05) is 53.1 Å². The average Bonchev–Trinajstić information content (AvgIpc) is 2.42. The van der Waals surface area contributed by atoms with Crippen molar-refractivity contribution in [1.29, 1.82) is 0 Å². The Morgan fingerprint density at radius 3 is 1.86 bits per heavy atom. The fourth-order valence-corrected chi connectivity index (χ4v) is 1.51. The molecule has 0 aliphatic rings. The Morgan fingerprint density at radius 2 is 1.43 bits per heavy atom. The van der Waals surface area contributed by atoms with Crippen LogP contribution in [0, 0.1) is 0 Å². The van der Waals surface area contributed by atoms with E-state index < -0.39 is 11.9 Å². The third kappa shape index (κ3) is 8.98. The van der Waals surface area contributed by atoms with Gasteiger partial charge in [0, 0.05) is 20.1 Å². The molecule has 122 valence electrons. The SMILES string of the molecule is CCN(CC)C(=O)COCCOCC(=O)N(C)CC(=O)O. The van der Waals surface area contributed by atoms with Gasteiger partial charge in [-0.05, 0) is 13.8 Å². The number of hydrogen-bond acceptors (Lipinski definition) is 5. The largest absolute Gasteiger partial charge is 0.480 e. The van der Waals surface area contributed by atoms with Crippen LogP contribution < -0.4 is 0 Å². The molecule has 0 atom stereocenters. The minimum absolute atomic E-state index is 0.0160. The van der Waals surface area contributed by atoms with Gasteiger partial charge in [-0.25, -0.2) is 0 Å². The Labute approximate surface area is 124 Å². The van der Waals surface area contributed by atoms with Crippen molar-refractivity contribution < 1.29 is 29.0 Å². The maximum Gasteiger partial charge on any atom is 0.323 e. The molecule has 0 spiro atoms. The monoisotopic (exact) mass is 304 g/mol. The van der Waals surface area contributed by atoms with E-state index in [2.05, 4.69) is 0 Å². The predicted octanol–water partition coefficient (Wildman–Crippen LogP) is -0.569. The number of carboxylic acid groups (broad SMARTS) is 1. The number of likely N-dealkylation sites (N-methyl/N-ethyl adjacent to an activating group) is 2. The average molecular weight is 304 g/mol. The predicted molar refractivity (Wildman–Crippen MR) is 74.8 cm³/mol. The van der Waals surface area contributed by atoms with Crippen molar-refractivity contribution in [2.45, 2.75) is 13.8 Å². The molecule has 0 heterocycles. The van der Waals surface area contributed by atoms with E-state index in [9.17, 15) is 14.4 Å². The summed E-state index contributed by atoms with van der Waals surface area (Å²) in [5.74, 6) is -1.59. The van der Waals surface area contributed by atoms with E-state index in [0.29, 0.717) is 13.1 Å². The highest BCUT2D eigenvalue weighted by Crippen LogP contribution is 1.91. The fraction of sp³-hybridized carbons (Fsp3) is 0.769. The lowest BCUT2D eigenvalue weighted by Gasteiger charge is -2.18. The Hall–Kier alpha value is -1.67. The highest BCUT2D eigenvalue weighted by molar-refractivity contribution is 5.81. The first-order valence-corrected chi connectivity index (χ1v) is 6.81. The summed E-state index contributed by atoms with van der Waals surface area (Å²) in [6.07, 6.45) is 0. The number of carbonyl (C=O) groups excluding carboxylic acids is 2. The van der Waals surface area contributed by atoms with Gasteiger partial charge in [-0.3, -0.25) is 14.4 Å². The third-order valence-corrected chi connectivity index (χ3v) is 2.74. The van der Waals surface area contributed by atoms with Crippen LogP contribution in [0.3, 0.4) is 0 Å². The van der Waals surface area contributed by atoms with Gasteiger partial charge in [0.2, 0.25) is 11.8 Å². The Kier molecular flexibility index (Phi) is 10.2. The van der Waals surface area contributed by atoms with E-state index >= 15 is 0 Å². The molecule has 0 saturated carbocycles. The third-order valence-electron chi connectivity index (χ3n) is 2.74. The van der Waals surface area contributed by atoms with Gasteiger partial charge in [-0.15, -0.1) is 0 Å². The maximum atomic E-state index is 11.6. The number of ether oxygens (including phenoxy) is 2. The second-order valence-corrected chi connectivity index (χ2v) is 4.31. The van der Waals surface area contributed by atoms with Crippen LogP contribution in [0.25, 0.3) is 0 Å². The van der Waals surface area contributed by atoms with E-state index in [1.54, 1.807) is 4.90 Å². The molecule has 0 bridgehead atoms. The minimum atomic E-state index is -1.08. The normalized spacial score (nSPS) is 10.2. The topological polar surface area (TPSA) is 96.4 Å². The van der Waals surface area contributed by atoms with Crippen LogP contribution in [0.1, 0.15) is 13.8 Å². The molecular weight excluding hydrogens is 280 g/mol. The molecule has 8 nitrogen and oxygen atoms in total. The standard InChI is InChI=1S/C13H24N2O6/c1-4-15(5-2)12(17)10-21-7-6-20-9-11(16)14(3)8-13(18)19/h4-10H2,1-3H3,(H,18,19). The summed E-state index contributed by atoms with van der Waals surface area (Å²) in [5.41, 5.74) is 0. The molecule has 0 fully saturated rings. The number of aliphatic carboxylic acids is 1. The number of hydrogen-bond donors (Lipinski definition) is 1. The van der Waals surface area contributed by atoms with Crippen LogP contribution in [0.15, 0.2) is 0 Å². The molecule has 8 heteroatoms. The van der Waals surface area contributed by atoms with Gasteiger partial charge in [0.05, 0.1) is 13.2 Å². The molecule has 0 aromatic heterocycles. The van der Waals surface area contributed by atoms with Gasteiger partial charge in [0.25, 0.3) is 0 Å². The fourth-order valence-electron chi connectivity index (χ4n) is 1.51. The zero-order valence-corrected chi connectivity index (χ0v) is 12.8. The van der Waals surface area contributed by atoms with Crippen molar-refractivity contribution in [1.82, 2.24) is 9.80 Å². The van der Waals surface area contributed by atoms with Gasteiger partial charge < -0.3 is 24.4 Å². The lowest BCUT2D eigenvalue weighted by atomic mass is 10.4. The molecule has 0 aliphatic carbocycles. The summed E-state index contributed by atoms with van der Waals surface area (Å²) < 4.78 is 10.2. The van der Waals surface area contributed by atoms with E-state index in [0.717, 1.165) is 4.90 Å². The van der Waals surface area contributed by atoms with Crippen LogP contribution in [0.4, 0.5) is 0 Å². The summed E-state index contributed by atoms with van der Waals surface area (Å²) in [6.45, 7) is 4.83. The van der Waals surface area contributed by atoms with Crippen LogP contribution in [-0.2, 0) is 23.9 Å². The van der Waals surface area contributed by atoms with E-state index in [1.165, 1.54) is 7.05 Å². The summed E-state index contributed by atoms with van der Waals surface area (Å²) in [4.78, 5) is 36.1. The smallest absolute Gasteiger partial charge is 0.323 e. The van der Waals surface area contributed by atoms with Crippen molar-refractivity contribution in [3.63, 3.8) is 0 Å². The first kappa shape index (κ1) is 19.3. The second kappa shape index (κ2) is 11.0. The molecule has 0 radical (unpaired) electrons. The number of rotatable bonds is 11. The van der Waals surface area contributed by atoms with Gasteiger partial charge >= 0.3 is 5.97 Å². The van der Waals surface area contributed by atoms with Crippen molar-refractivity contribution in [3.8, 4) is 0 Å². The molecule has 0 aromatic carbocycles. The highest BCUT2D eigenvalue weighted by Gasteiger charge is 2.12. The second-order valence-electron chi connectivity index (χ2n) is 4.31. The van der Waals surface area contributed by atoms with Gasteiger partial charge in [-0.2, -0.15) is 0 Å². The van der Waals surface area contributed by atoms with Crippen molar-refractivity contribution in [2.24, 2.45) is 0 Å². The van der Waals surface area contributed by atoms with E-state index in [-0.39, 0.29) is 38.9 Å². The van der Waals surface area contributed by atoms with Crippen LogP contribution >= 0.6 is 0 Å². The Balaban J connectivity index is 3.66. The minimum Gasteiger partial charge on any atom is -0.480 e. The molecule has 2 amide bonds. The zero-order valence-electron chi connectivity index (χ0n) is 12.8. The molecule has 0 aliphatic heterocycles. The van der Waals surface area contributed by atoms with E-state index in [4.69, 9.17) is 14.6 Å². The van der Waals surface area contributed by atoms with E-state index in [1.807, 2.05) is 13.8 Å².